The number of hydrogen-bond acceptors (Lipinski definition) is 6. The molecule has 4 rings (SSSR count). The molecule has 4 atom stereocenters. The minimum absolute atomic E-state index is 0.0638. The summed E-state index contributed by atoms with van der Waals surface area (Å²) in [7, 11) is -3.02. The maximum absolute atomic E-state index is 14.5. The molecule has 0 aliphatic heterocycles. The highest BCUT2D eigenvalue weighted by Gasteiger charge is 2.42. The van der Waals surface area contributed by atoms with Gasteiger partial charge in [-0.05, 0) is 68.2 Å². The molecular formula is C23H26FN3O6S. The van der Waals surface area contributed by atoms with E-state index in [1.54, 1.807) is 0 Å². The Morgan fingerprint density at radius 2 is 1.97 bits per heavy atom. The number of anilines is 1. The lowest BCUT2D eigenvalue weighted by atomic mass is 9.84. The lowest BCUT2D eigenvalue weighted by molar-refractivity contribution is -0.384. The number of nitro groups is 1. The zero-order valence-corrected chi connectivity index (χ0v) is 19.6. The highest BCUT2D eigenvalue weighted by molar-refractivity contribution is 7.92. The normalized spacial score (nSPS) is 22.3. The third-order valence-electron chi connectivity index (χ3n) is 6.92. The summed E-state index contributed by atoms with van der Waals surface area (Å²) in [6.07, 6.45) is 4.57. The number of ether oxygens (including phenoxy) is 1. The van der Waals surface area contributed by atoms with Crippen LogP contribution in [0.3, 0.4) is 0 Å². The van der Waals surface area contributed by atoms with E-state index in [-0.39, 0.29) is 33.6 Å². The Labute approximate surface area is 196 Å². The van der Waals surface area contributed by atoms with Crippen LogP contribution in [0, 0.1) is 33.7 Å². The molecule has 2 N–H and O–H groups in total. The average Bonchev–Trinajstić information content (AvgIpc) is 3.42. The predicted molar refractivity (Wildman–Crippen MR) is 123 cm³/mol. The van der Waals surface area contributed by atoms with E-state index in [2.05, 4.69) is 10.0 Å². The Hall–Kier alpha value is -3.21. The van der Waals surface area contributed by atoms with Crippen molar-refractivity contribution < 1.29 is 27.3 Å². The van der Waals surface area contributed by atoms with Crippen molar-refractivity contribution in [2.75, 3.05) is 11.8 Å². The summed E-state index contributed by atoms with van der Waals surface area (Å²) in [6, 6.07) is 6.20. The molecule has 2 aromatic rings. The van der Waals surface area contributed by atoms with Gasteiger partial charge in [-0.1, -0.05) is 6.42 Å². The second kappa shape index (κ2) is 9.21. The van der Waals surface area contributed by atoms with E-state index in [1.807, 2.05) is 6.92 Å². The lowest BCUT2D eigenvalue weighted by Crippen LogP contribution is -2.40. The number of nitrogens with zero attached hydrogens (tertiary/aromatic N) is 1. The first kappa shape index (κ1) is 23.9. The quantitative estimate of drug-likeness (QED) is 0.423. The standard InChI is InChI=1S/C23H26FN3O6S/c1-13(18-10-14-3-4-15(18)9-14)25-23(28)19-12-17(6-7-20(19)24)34(31,32)26-21-11-16(27(29)30)5-8-22(21)33-2/h5-8,11-15,18,26H,3-4,9-10H2,1-2H3,(H,25,28). The number of amides is 1. The number of methoxy groups -OCH3 is 1. The third-order valence-corrected chi connectivity index (χ3v) is 8.29. The first-order valence-corrected chi connectivity index (χ1v) is 12.5. The van der Waals surface area contributed by atoms with Gasteiger partial charge in [0.15, 0.2) is 0 Å². The van der Waals surface area contributed by atoms with Crippen LogP contribution in [0.15, 0.2) is 41.3 Å². The van der Waals surface area contributed by atoms with E-state index < -0.39 is 26.7 Å². The number of fused-ring (bicyclic) bond motifs is 2. The van der Waals surface area contributed by atoms with E-state index in [0.717, 1.165) is 37.1 Å². The molecule has 2 saturated carbocycles. The zero-order valence-electron chi connectivity index (χ0n) is 18.8. The topological polar surface area (TPSA) is 128 Å². The zero-order chi connectivity index (χ0) is 24.6. The smallest absolute Gasteiger partial charge is 0.271 e. The predicted octanol–water partition coefficient (Wildman–Crippen LogP) is 4.10. The second-order valence-electron chi connectivity index (χ2n) is 8.99. The molecule has 11 heteroatoms. The monoisotopic (exact) mass is 491 g/mol. The summed E-state index contributed by atoms with van der Waals surface area (Å²) in [6.45, 7) is 1.90. The van der Waals surface area contributed by atoms with Gasteiger partial charge < -0.3 is 10.1 Å². The molecule has 1 amide bonds. The first-order valence-electron chi connectivity index (χ1n) is 11.0. The molecule has 182 valence electrons. The molecule has 2 bridgehead atoms. The van der Waals surface area contributed by atoms with Crippen LogP contribution in [0.5, 0.6) is 5.75 Å². The molecule has 9 nitrogen and oxygen atoms in total. The SMILES string of the molecule is COc1ccc([N+](=O)[O-])cc1NS(=O)(=O)c1ccc(F)c(C(=O)NC(C)C2CC3CCC2C3)c1. The summed E-state index contributed by atoms with van der Waals surface area (Å²) < 4.78 is 47.7. The van der Waals surface area contributed by atoms with E-state index in [0.29, 0.717) is 17.8 Å². The fraction of sp³-hybridized carbons (Fsp3) is 0.435. The van der Waals surface area contributed by atoms with Crippen molar-refractivity contribution in [1.29, 1.82) is 0 Å². The molecular weight excluding hydrogens is 465 g/mol. The molecule has 0 aromatic heterocycles. The van der Waals surface area contributed by atoms with Gasteiger partial charge in [-0.3, -0.25) is 19.6 Å². The summed E-state index contributed by atoms with van der Waals surface area (Å²) in [5.41, 5.74) is -0.881. The maximum atomic E-state index is 14.5. The number of non-ortho nitro benzene ring substituents is 1. The van der Waals surface area contributed by atoms with Crippen molar-refractivity contribution in [2.24, 2.45) is 17.8 Å². The van der Waals surface area contributed by atoms with E-state index in [1.165, 1.54) is 32.1 Å². The molecule has 2 aromatic carbocycles. The van der Waals surface area contributed by atoms with Crippen molar-refractivity contribution in [3.05, 3.63) is 57.9 Å². The summed E-state index contributed by atoms with van der Waals surface area (Å²) in [4.78, 5) is 22.9. The highest BCUT2D eigenvalue weighted by atomic mass is 32.2. The molecule has 34 heavy (non-hydrogen) atoms. The number of nitro benzene ring substituents is 1. The van der Waals surface area contributed by atoms with Crippen LogP contribution in [-0.4, -0.2) is 32.4 Å². The molecule has 0 spiro atoms. The van der Waals surface area contributed by atoms with E-state index in [4.69, 9.17) is 4.74 Å². The Morgan fingerprint density at radius 1 is 1.21 bits per heavy atom. The molecule has 0 saturated heterocycles. The second-order valence-corrected chi connectivity index (χ2v) is 10.7. The number of hydrogen-bond donors (Lipinski definition) is 2. The van der Waals surface area contributed by atoms with E-state index >= 15 is 0 Å². The van der Waals surface area contributed by atoms with Crippen molar-refractivity contribution in [3.63, 3.8) is 0 Å². The van der Waals surface area contributed by atoms with Gasteiger partial charge in [-0.15, -0.1) is 0 Å². The molecule has 0 heterocycles. The number of rotatable bonds is 8. The van der Waals surface area contributed by atoms with Gasteiger partial charge in [0.05, 0.1) is 28.2 Å². The van der Waals surface area contributed by atoms with Crippen LogP contribution in [0.2, 0.25) is 0 Å². The number of halogens is 1. The van der Waals surface area contributed by atoms with Gasteiger partial charge in [0, 0.05) is 18.2 Å². The fourth-order valence-electron chi connectivity index (χ4n) is 5.24. The van der Waals surface area contributed by atoms with Crippen LogP contribution >= 0.6 is 0 Å². The highest BCUT2D eigenvalue weighted by Crippen LogP contribution is 2.49. The Morgan fingerprint density at radius 3 is 2.59 bits per heavy atom. The van der Waals surface area contributed by atoms with Gasteiger partial charge in [-0.25, -0.2) is 12.8 Å². The average molecular weight is 492 g/mol. The van der Waals surface area contributed by atoms with Crippen molar-refractivity contribution >= 4 is 27.3 Å². The number of sulfonamides is 1. The Balaban J connectivity index is 1.55. The van der Waals surface area contributed by atoms with Crippen LogP contribution in [0.25, 0.3) is 0 Å². The van der Waals surface area contributed by atoms with Gasteiger partial charge in [0.2, 0.25) is 0 Å². The van der Waals surface area contributed by atoms with Crippen LogP contribution in [0.1, 0.15) is 43.0 Å². The summed E-state index contributed by atoms with van der Waals surface area (Å²) >= 11 is 0. The Bertz CT molecular complexity index is 1240. The number of carbonyl (C=O) groups excluding carboxylic acids is 1. The first-order chi connectivity index (χ1) is 16.1. The minimum Gasteiger partial charge on any atom is -0.495 e. The van der Waals surface area contributed by atoms with Crippen LogP contribution < -0.4 is 14.8 Å². The molecule has 2 aliphatic carbocycles. The minimum atomic E-state index is -4.31. The van der Waals surface area contributed by atoms with E-state index in [9.17, 15) is 27.7 Å². The van der Waals surface area contributed by atoms with Crippen LogP contribution in [-0.2, 0) is 10.0 Å². The van der Waals surface area contributed by atoms with Gasteiger partial charge in [0.1, 0.15) is 11.6 Å². The summed E-state index contributed by atoms with van der Waals surface area (Å²) in [5, 5.41) is 13.9. The molecule has 2 fully saturated rings. The fourth-order valence-corrected chi connectivity index (χ4v) is 6.32. The number of carbonyl (C=O) groups is 1. The van der Waals surface area contributed by atoms with Gasteiger partial charge >= 0.3 is 0 Å². The molecule has 2 aliphatic rings. The summed E-state index contributed by atoms with van der Waals surface area (Å²) in [5.74, 6) is 0.124. The number of benzene rings is 2. The lowest BCUT2D eigenvalue weighted by Gasteiger charge is -2.28. The van der Waals surface area contributed by atoms with Crippen molar-refractivity contribution in [2.45, 2.75) is 43.5 Å². The third kappa shape index (κ3) is 4.70. The number of nitrogens with one attached hydrogen (secondary N) is 2. The van der Waals surface area contributed by atoms with Gasteiger partial charge in [0.25, 0.3) is 21.6 Å². The van der Waals surface area contributed by atoms with Gasteiger partial charge in [-0.2, -0.15) is 0 Å². The van der Waals surface area contributed by atoms with Crippen LogP contribution in [0.4, 0.5) is 15.8 Å². The largest absolute Gasteiger partial charge is 0.495 e. The maximum Gasteiger partial charge on any atom is 0.271 e. The van der Waals surface area contributed by atoms with Crippen molar-refractivity contribution in [3.8, 4) is 5.75 Å². The van der Waals surface area contributed by atoms with Crippen molar-refractivity contribution in [1.82, 2.24) is 5.32 Å². The Kier molecular flexibility index (Phi) is 6.48. The molecule has 0 radical (unpaired) electrons. The molecule has 4 unspecified atom stereocenters.